The first-order valence-electron chi connectivity index (χ1n) is 10.7. The molecule has 0 saturated carbocycles. The number of amides is 2. The van der Waals surface area contributed by atoms with E-state index >= 15 is 0 Å². The molecule has 2 aromatic carbocycles. The third-order valence-electron chi connectivity index (χ3n) is 6.41. The molecule has 2 saturated heterocycles. The highest BCUT2D eigenvalue weighted by Gasteiger charge is 2.40. The Hall–Kier alpha value is -2.64. The van der Waals surface area contributed by atoms with Gasteiger partial charge in [-0.05, 0) is 41.8 Å². The minimum Gasteiger partial charge on any atom is -0.493 e. The summed E-state index contributed by atoms with van der Waals surface area (Å²) < 4.78 is 19.4. The fraction of sp³-hybridized carbons (Fsp3) is 0.435. The molecular formula is C23H27FN4O2. The number of hydrogen-bond donors (Lipinski definition) is 2. The Labute approximate surface area is 176 Å². The van der Waals surface area contributed by atoms with Crippen LogP contribution in [0, 0.1) is 5.82 Å². The molecule has 2 amide bonds. The molecule has 0 bridgehead atoms. The summed E-state index contributed by atoms with van der Waals surface area (Å²) in [4.78, 5) is 17.0. The number of carbonyl (C=O) groups is 1. The summed E-state index contributed by atoms with van der Waals surface area (Å²) in [7, 11) is 0. The van der Waals surface area contributed by atoms with Gasteiger partial charge in [0.05, 0.1) is 12.6 Å². The van der Waals surface area contributed by atoms with E-state index in [4.69, 9.17) is 4.74 Å². The number of hydrogen-bond acceptors (Lipinski definition) is 4. The highest BCUT2D eigenvalue weighted by Crippen LogP contribution is 2.33. The van der Waals surface area contributed by atoms with Crippen LogP contribution in [0.2, 0.25) is 0 Å². The van der Waals surface area contributed by atoms with E-state index in [-0.39, 0.29) is 23.9 Å². The number of urea groups is 1. The van der Waals surface area contributed by atoms with Gasteiger partial charge < -0.3 is 15.4 Å². The van der Waals surface area contributed by atoms with E-state index in [2.05, 4.69) is 33.7 Å². The molecule has 3 heterocycles. The van der Waals surface area contributed by atoms with Gasteiger partial charge in [0.15, 0.2) is 0 Å². The number of halogens is 1. The molecule has 0 aliphatic carbocycles. The first-order chi connectivity index (χ1) is 14.7. The number of piperazine rings is 1. The Balaban J connectivity index is 1.49. The third kappa shape index (κ3) is 3.63. The molecule has 3 aliphatic heterocycles. The molecule has 7 heteroatoms. The van der Waals surface area contributed by atoms with Crippen molar-refractivity contribution in [2.24, 2.45) is 0 Å². The van der Waals surface area contributed by atoms with Crippen molar-refractivity contribution in [3.05, 3.63) is 59.4 Å². The van der Waals surface area contributed by atoms with E-state index in [1.165, 1.54) is 23.3 Å². The summed E-state index contributed by atoms with van der Waals surface area (Å²) in [6.45, 7) is 5.04. The van der Waals surface area contributed by atoms with E-state index in [0.717, 1.165) is 57.1 Å². The molecule has 2 unspecified atom stereocenters. The van der Waals surface area contributed by atoms with Gasteiger partial charge in [0.1, 0.15) is 11.6 Å². The van der Waals surface area contributed by atoms with E-state index in [9.17, 15) is 9.18 Å². The lowest BCUT2D eigenvalue weighted by Crippen LogP contribution is -2.57. The summed E-state index contributed by atoms with van der Waals surface area (Å²) >= 11 is 0. The standard InChI is InChI=1S/C23H27FN4O2/c24-18-4-6-19(7-5-18)28-21(15-26-23(28)29)20(27-11-9-25-10-12-27)14-17-3-1-2-16-8-13-30-22(16)17/h1-7,20-21,25H,8-15H2,(H,26,29). The average molecular weight is 410 g/mol. The summed E-state index contributed by atoms with van der Waals surface area (Å²) in [5.74, 6) is 0.716. The molecule has 0 spiro atoms. The molecule has 6 nitrogen and oxygen atoms in total. The Morgan fingerprint density at radius 3 is 2.73 bits per heavy atom. The van der Waals surface area contributed by atoms with Gasteiger partial charge in [-0.15, -0.1) is 0 Å². The Bertz CT molecular complexity index is 914. The van der Waals surface area contributed by atoms with Crippen molar-refractivity contribution in [1.29, 1.82) is 0 Å². The summed E-state index contributed by atoms with van der Waals surface area (Å²) in [5.41, 5.74) is 3.19. The van der Waals surface area contributed by atoms with Crippen LogP contribution in [0.1, 0.15) is 11.1 Å². The lowest BCUT2D eigenvalue weighted by molar-refractivity contribution is 0.152. The number of nitrogens with one attached hydrogen (secondary N) is 2. The number of carbonyl (C=O) groups excluding carboxylic acids is 1. The Kier molecular flexibility index (Phi) is 5.31. The van der Waals surface area contributed by atoms with Gasteiger partial charge in [0.25, 0.3) is 0 Å². The van der Waals surface area contributed by atoms with Crippen LogP contribution < -0.4 is 20.3 Å². The van der Waals surface area contributed by atoms with Gasteiger partial charge in [-0.25, -0.2) is 9.18 Å². The second kappa shape index (κ2) is 8.24. The number of nitrogens with zero attached hydrogens (tertiary/aromatic N) is 2. The van der Waals surface area contributed by atoms with Crippen molar-refractivity contribution >= 4 is 11.7 Å². The van der Waals surface area contributed by atoms with E-state index in [1.807, 2.05) is 0 Å². The maximum Gasteiger partial charge on any atom is 0.322 e. The Morgan fingerprint density at radius 1 is 1.13 bits per heavy atom. The smallest absolute Gasteiger partial charge is 0.322 e. The van der Waals surface area contributed by atoms with Crippen molar-refractivity contribution in [1.82, 2.24) is 15.5 Å². The van der Waals surface area contributed by atoms with Crippen molar-refractivity contribution < 1.29 is 13.9 Å². The molecule has 30 heavy (non-hydrogen) atoms. The highest BCUT2D eigenvalue weighted by atomic mass is 19.1. The van der Waals surface area contributed by atoms with E-state index in [0.29, 0.717) is 6.54 Å². The maximum atomic E-state index is 13.5. The molecule has 2 aromatic rings. The fourth-order valence-electron chi connectivity index (χ4n) is 4.93. The molecule has 2 atom stereocenters. The lowest BCUT2D eigenvalue weighted by atomic mass is 9.94. The van der Waals surface area contributed by atoms with Crippen LogP contribution in [0.25, 0.3) is 0 Å². The van der Waals surface area contributed by atoms with Crippen LogP contribution in [0.3, 0.4) is 0 Å². The Morgan fingerprint density at radius 2 is 1.93 bits per heavy atom. The van der Waals surface area contributed by atoms with Crippen LogP contribution >= 0.6 is 0 Å². The van der Waals surface area contributed by atoms with Crippen LogP contribution in [0.4, 0.5) is 14.9 Å². The molecule has 3 aliphatic rings. The summed E-state index contributed by atoms with van der Waals surface area (Å²) in [5, 5.41) is 6.43. The molecule has 5 rings (SSSR count). The molecule has 158 valence electrons. The lowest BCUT2D eigenvalue weighted by Gasteiger charge is -2.40. The number of rotatable bonds is 5. The molecule has 2 fully saturated rings. The summed E-state index contributed by atoms with van der Waals surface area (Å²) in [6.07, 6.45) is 1.76. The zero-order chi connectivity index (χ0) is 20.5. The number of ether oxygens (including phenoxy) is 1. The van der Waals surface area contributed by atoms with Gasteiger partial charge in [-0.3, -0.25) is 9.80 Å². The van der Waals surface area contributed by atoms with Crippen molar-refractivity contribution in [2.75, 3.05) is 44.2 Å². The SMILES string of the molecule is O=C1NCC(C(Cc2cccc3c2OCC3)N2CCNCC2)N1c1ccc(F)cc1. The molecular weight excluding hydrogens is 383 g/mol. The minimum atomic E-state index is -0.300. The zero-order valence-electron chi connectivity index (χ0n) is 16.9. The first kappa shape index (κ1) is 19.3. The normalized spacial score (nSPS) is 22.5. The number of benzene rings is 2. The van der Waals surface area contributed by atoms with Crippen LogP contribution in [0.5, 0.6) is 5.75 Å². The largest absolute Gasteiger partial charge is 0.493 e. The topological polar surface area (TPSA) is 56.8 Å². The van der Waals surface area contributed by atoms with Gasteiger partial charge >= 0.3 is 6.03 Å². The van der Waals surface area contributed by atoms with Gasteiger partial charge in [-0.1, -0.05) is 18.2 Å². The predicted octanol–water partition coefficient (Wildman–Crippen LogP) is 2.18. The van der Waals surface area contributed by atoms with Crippen molar-refractivity contribution in [2.45, 2.75) is 24.9 Å². The fourth-order valence-corrected chi connectivity index (χ4v) is 4.93. The maximum absolute atomic E-state index is 13.5. The van der Waals surface area contributed by atoms with E-state index < -0.39 is 0 Å². The third-order valence-corrected chi connectivity index (χ3v) is 6.41. The minimum absolute atomic E-state index is 0.0432. The molecule has 0 aromatic heterocycles. The van der Waals surface area contributed by atoms with Gasteiger partial charge in [0.2, 0.25) is 0 Å². The summed E-state index contributed by atoms with van der Waals surface area (Å²) in [6, 6.07) is 12.5. The average Bonchev–Trinajstić information content (AvgIpc) is 3.40. The second-order valence-electron chi connectivity index (χ2n) is 8.16. The van der Waals surface area contributed by atoms with E-state index in [1.54, 1.807) is 17.0 Å². The molecule has 0 radical (unpaired) electrons. The number of para-hydroxylation sites is 1. The van der Waals surface area contributed by atoms with Gasteiger partial charge in [0, 0.05) is 50.9 Å². The second-order valence-corrected chi connectivity index (χ2v) is 8.16. The first-order valence-corrected chi connectivity index (χ1v) is 10.7. The highest BCUT2D eigenvalue weighted by molar-refractivity contribution is 5.95. The molecule has 2 N–H and O–H groups in total. The number of fused-ring (bicyclic) bond motifs is 1. The zero-order valence-corrected chi connectivity index (χ0v) is 16.9. The van der Waals surface area contributed by atoms with Crippen LogP contribution in [-0.4, -0.2) is 62.3 Å². The van der Waals surface area contributed by atoms with Crippen LogP contribution in [0.15, 0.2) is 42.5 Å². The van der Waals surface area contributed by atoms with Crippen molar-refractivity contribution in [3.63, 3.8) is 0 Å². The van der Waals surface area contributed by atoms with Crippen LogP contribution in [-0.2, 0) is 12.8 Å². The monoisotopic (exact) mass is 410 g/mol. The predicted molar refractivity (Wildman–Crippen MR) is 114 cm³/mol. The van der Waals surface area contributed by atoms with Gasteiger partial charge in [-0.2, -0.15) is 0 Å². The van der Waals surface area contributed by atoms with Crippen molar-refractivity contribution in [3.8, 4) is 5.75 Å². The number of anilines is 1. The quantitative estimate of drug-likeness (QED) is 0.793.